The minimum atomic E-state index is -0.217. The molecular formula is C18H19N5O3. The Balaban J connectivity index is 1.70. The molecular weight excluding hydrogens is 334 g/mol. The molecule has 26 heavy (non-hydrogen) atoms. The van der Waals surface area contributed by atoms with Gasteiger partial charge in [-0.1, -0.05) is 0 Å². The summed E-state index contributed by atoms with van der Waals surface area (Å²) in [5.41, 5.74) is 7.49. The van der Waals surface area contributed by atoms with Gasteiger partial charge in [-0.25, -0.2) is 4.98 Å². The van der Waals surface area contributed by atoms with Crippen LogP contribution in [0, 0.1) is 0 Å². The number of aromatic nitrogens is 3. The van der Waals surface area contributed by atoms with Crippen LogP contribution in [-0.4, -0.2) is 35.3 Å². The van der Waals surface area contributed by atoms with E-state index in [-0.39, 0.29) is 12.5 Å². The predicted molar refractivity (Wildman–Crippen MR) is 96.9 cm³/mol. The Morgan fingerprint density at radius 1 is 1.12 bits per heavy atom. The first-order valence-corrected chi connectivity index (χ1v) is 7.87. The summed E-state index contributed by atoms with van der Waals surface area (Å²) in [7, 11) is 3.16. The van der Waals surface area contributed by atoms with E-state index < -0.39 is 0 Å². The Morgan fingerprint density at radius 2 is 1.77 bits per heavy atom. The van der Waals surface area contributed by atoms with Crippen LogP contribution in [0.5, 0.6) is 11.5 Å². The first-order valence-electron chi connectivity index (χ1n) is 7.87. The fourth-order valence-corrected chi connectivity index (χ4v) is 2.34. The minimum Gasteiger partial charge on any atom is -0.497 e. The van der Waals surface area contributed by atoms with Crippen molar-refractivity contribution < 1.29 is 14.3 Å². The molecule has 8 nitrogen and oxygen atoms in total. The molecule has 0 aliphatic heterocycles. The number of carbonyl (C=O) groups is 1. The van der Waals surface area contributed by atoms with Crippen molar-refractivity contribution in [1.82, 2.24) is 20.5 Å². The molecule has 0 saturated heterocycles. The van der Waals surface area contributed by atoms with Crippen LogP contribution in [0.2, 0.25) is 0 Å². The van der Waals surface area contributed by atoms with Gasteiger partial charge in [0.05, 0.1) is 20.8 Å². The molecule has 3 rings (SSSR count). The van der Waals surface area contributed by atoms with Crippen LogP contribution in [0.15, 0.2) is 42.5 Å². The number of benzene rings is 2. The highest BCUT2D eigenvalue weighted by Gasteiger charge is 2.11. The Morgan fingerprint density at radius 3 is 2.38 bits per heavy atom. The zero-order valence-electron chi connectivity index (χ0n) is 14.4. The van der Waals surface area contributed by atoms with Crippen LogP contribution >= 0.6 is 0 Å². The van der Waals surface area contributed by atoms with E-state index in [0.29, 0.717) is 34.4 Å². The molecule has 134 valence electrons. The van der Waals surface area contributed by atoms with E-state index in [0.717, 1.165) is 5.56 Å². The molecule has 0 saturated carbocycles. The number of rotatable bonds is 6. The lowest BCUT2D eigenvalue weighted by Crippen LogP contribution is -2.23. The number of anilines is 1. The van der Waals surface area contributed by atoms with E-state index in [4.69, 9.17) is 15.2 Å². The number of nitrogen functional groups attached to an aromatic ring is 1. The van der Waals surface area contributed by atoms with Gasteiger partial charge >= 0.3 is 0 Å². The van der Waals surface area contributed by atoms with Crippen molar-refractivity contribution in [3.63, 3.8) is 0 Å². The summed E-state index contributed by atoms with van der Waals surface area (Å²) in [6.45, 7) is 0.220. The third-order valence-corrected chi connectivity index (χ3v) is 3.73. The van der Waals surface area contributed by atoms with Crippen LogP contribution in [0.25, 0.3) is 11.4 Å². The van der Waals surface area contributed by atoms with Crippen molar-refractivity contribution >= 4 is 11.6 Å². The van der Waals surface area contributed by atoms with Crippen molar-refractivity contribution in [3.8, 4) is 22.9 Å². The summed E-state index contributed by atoms with van der Waals surface area (Å²) < 4.78 is 10.5. The number of nitrogens with zero attached hydrogens (tertiary/aromatic N) is 2. The molecule has 2 aromatic carbocycles. The molecule has 0 aliphatic carbocycles. The fraction of sp³-hybridized carbons (Fsp3) is 0.167. The van der Waals surface area contributed by atoms with Crippen LogP contribution in [0.1, 0.15) is 16.2 Å². The lowest BCUT2D eigenvalue weighted by molar-refractivity contribution is 0.0950. The molecule has 8 heteroatoms. The molecule has 4 N–H and O–H groups in total. The van der Waals surface area contributed by atoms with E-state index in [1.807, 2.05) is 12.1 Å². The molecule has 0 fully saturated rings. The number of nitrogens with two attached hydrogens (primary N) is 1. The molecule has 1 aromatic heterocycles. The number of hydrogen-bond acceptors (Lipinski definition) is 6. The average molecular weight is 353 g/mol. The smallest absolute Gasteiger partial charge is 0.251 e. The van der Waals surface area contributed by atoms with Crippen molar-refractivity contribution in [1.29, 1.82) is 0 Å². The molecule has 0 atom stereocenters. The molecule has 0 radical (unpaired) electrons. The van der Waals surface area contributed by atoms with E-state index in [2.05, 4.69) is 20.5 Å². The maximum Gasteiger partial charge on any atom is 0.251 e. The molecule has 0 aliphatic rings. The van der Waals surface area contributed by atoms with Crippen LogP contribution < -0.4 is 20.5 Å². The van der Waals surface area contributed by atoms with Gasteiger partial charge in [-0.15, -0.1) is 0 Å². The lowest BCUT2D eigenvalue weighted by atomic mass is 10.2. The van der Waals surface area contributed by atoms with Crippen LogP contribution in [0.4, 0.5) is 5.69 Å². The van der Waals surface area contributed by atoms with Gasteiger partial charge in [-0.3, -0.25) is 9.89 Å². The SMILES string of the molecule is COc1cc(OC)cc(-c2n[nH]c(CNC(=O)c3ccc(N)cc3)n2)c1. The van der Waals surface area contributed by atoms with Crippen molar-refractivity contribution in [2.45, 2.75) is 6.54 Å². The number of carbonyl (C=O) groups excluding carboxylic acids is 1. The molecule has 0 unspecified atom stereocenters. The quantitative estimate of drug-likeness (QED) is 0.584. The number of methoxy groups -OCH3 is 2. The van der Waals surface area contributed by atoms with Gasteiger partial charge in [0.1, 0.15) is 17.3 Å². The number of H-pyrrole nitrogens is 1. The Bertz CT molecular complexity index is 883. The second-order valence-electron chi connectivity index (χ2n) is 5.51. The average Bonchev–Trinajstić information content (AvgIpc) is 3.15. The number of hydrogen-bond donors (Lipinski definition) is 3. The normalized spacial score (nSPS) is 10.4. The Hall–Kier alpha value is -3.55. The Kier molecular flexibility index (Phi) is 5.02. The predicted octanol–water partition coefficient (Wildman–Crippen LogP) is 2.00. The standard InChI is InChI=1S/C18H19N5O3/c1-25-14-7-12(8-15(9-14)26-2)17-21-16(22-23-17)10-20-18(24)11-3-5-13(19)6-4-11/h3-9H,10,19H2,1-2H3,(H,20,24)(H,21,22,23). The van der Waals surface area contributed by atoms with Crippen molar-refractivity contribution in [3.05, 3.63) is 53.9 Å². The second kappa shape index (κ2) is 7.56. The van der Waals surface area contributed by atoms with Gasteiger partial charge in [0.15, 0.2) is 5.82 Å². The van der Waals surface area contributed by atoms with Gasteiger partial charge in [-0.2, -0.15) is 5.10 Å². The Labute approximate surface area is 150 Å². The summed E-state index contributed by atoms with van der Waals surface area (Å²) in [5, 5.41) is 9.78. The monoisotopic (exact) mass is 353 g/mol. The summed E-state index contributed by atoms with van der Waals surface area (Å²) >= 11 is 0. The van der Waals surface area contributed by atoms with E-state index >= 15 is 0 Å². The fourth-order valence-electron chi connectivity index (χ4n) is 2.34. The molecule has 1 heterocycles. The van der Waals surface area contributed by atoms with E-state index in [1.54, 1.807) is 44.6 Å². The third kappa shape index (κ3) is 3.92. The van der Waals surface area contributed by atoms with Gasteiger partial charge in [0, 0.05) is 22.9 Å². The van der Waals surface area contributed by atoms with Gasteiger partial charge in [-0.05, 0) is 36.4 Å². The van der Waals surface area contributed by atoms with E-state index in [9.17, 15) is 4.79 Å². The van der Waals surface area contributed by atoms with Gasteiger partial charge in [0.2, 0.25) is 0 Å². The second-order valence-corrected chi connectivity index (χ2v) is 5.51. The first kappa shape index (κ1) is 17.3. The van der Waals surface area contributed by atoms with Crippen molar-refractivity contribution in [2.24, 2.45) is 0 Å². The highest BCUT2D eigenvalue weighted by molar-refractivity contribution is 5.94. The topological polar surface area (TPSA) is 115 Å². The summed E-state index contributed by atoms with van der Waals surface area (Å²) in [6, 6.07) is 12.1. The largest absolute Gasteiger partial charge is 0.497 e. The lowest BCUT2D eigenvalue weighted by Gasteiger charge is -2.06. The molecule has 0 spiro atoms. The van der Waals surface area contributed by atoms with E-state index in [1.165, 1.54) is 0 Å². The highest BCUT2D eigenvalue weighted by atomic mass is 16.5. The molecule has 3 aromatic rings. The maximum atomic E-state index is 12.1. The zero-order valence-corrected chi connectivity index (χ0v) is 14.4. The van der Waals surface area contributed by atoms with Gasteiger partial charge in [0.25, 0.3) is 5.91 Å². The number of aromatic amines is 1. The van der Waals surface area contributed by atoms with Crippen molar-refractivity contribution in [2.75, 3.05) is 20.0 Å². The number of nitrogens with one attached hydrogen (secondary N) is 2. The highest BCUT2D eigenvalue weighted by Crippen LogP contribution is 2.27. The summed E-state index contributed by atoms with van der Waals surface area (Å²) in [6.07, 6.45) is 0. The summed E-state index contributed by atoms with van der Waals surface area (Å²) in [4.78, 5) is 16.5. The molecule has 0 bridgehead atoms. The number of amides is 1. The first-order chi connectivity index (χ1) is 12.6. The molecule has 1 amide bonds. The summed E-state index contributed by atoms with van der Waals surface area (Å²) in [5.74, 6) is 2.08. The number of ether oxygens (including phenoxy) is 2. The minimum absolute atomic E-state index is 0.217. The maximum absolute atomic E-state index is 12.1. The third-order valence-electron chi connectivity index (χ3n) is 3.73. The zero-order chi connectivity index (χ0) is 18.5. The van der Waals surface area contributed by atoms with Gasteiger partial charge < -0.3 is 20.5 Å². The van der Waals surface area contributed by atoms with Crippen LogP contribution in [0.3, 0.4) is 0 Å². The van der Waals surface area contributed by atoms with Crippen LogP contribution in [-0.2, 0) is 6.54 Å².